The molecule has 26 heavy (non-hydrogen) atoms. The summed E-state index contributed by atoms with van der Waals surface area (Å²) in [6, 6.07) is 0.0334. The number of nitrogens with one attached hydrogen (secondary N) is 3. The van der Waals surface area contributed by atoms with Crippen LogP contribution in [0.1, 0.15) is 32.1 Å². The average molecular weight is 381 g/mol. The van der Waals surface area contributed by atoms with Crippen molar-refractivity contribution in [1.29, 1.82) is 0 Å². The maximum atomic E-state index is 10.2. The molecule has 156 valence electrons. The summed E-state index contributed by atoms with van der Waals surface area (Å²) < 4.78 is 15.0. The summed E-state index contributed by atoms with van der Waals surface area (Å²) in [5.41, 5.74) is 8.61. The van der Waals surface area contributed by atoms with E-state index in [1.165, 1.54) is 0 Å². The molecule has 0 saturated carbocycles. The van der Waals surface area contributed by atoms with E-state index in [1.54, 1.807) is 14.2 Å². The quantitative estimate of drug-likeness (QED) is 0.105. The van der Waals surface area contributed by atoms with Crippen molar-refractivity contribution in [3.8, 4) is 0 Å². The lowest BCUT2D eigenvalue weighted by Crippen LogP contribution is -2.37. The van der Waals surface area contributed by atoms with Crippen molar-refractivity contribution in [3.05, 3.63) is 0 Å². The zero-order chi connectivity index (χ0) is 19.1. The van der Waals surface area contributed by atoms with Crippen LogP contribution in [0.5, 0.6) is 0 Å². The second-order valence-electron chi connectivity index (χ2n) is 5.43. The molecule has 0 aromatic carbocycles. The number of carbonyl (C=O) groups excluding carboxylic acids is 1. The maximum absolute atomic E-state index is 10.2. The van der Waals surface area contributed by atoms with Gasteiger partial charge in [-0.05, 0) is 19.3 Å². The van der Waals surface area contributed by atoms with Gasteiger partial charge in [0, 0.05) is 40.3 Å². The lowest BCUT2D eigenvalue weighted by atomic mass is 10.1. The molecule has 0 saturated heterocycles. The van der Waals surface area contributed by atoms with Crippen LogP contribution in [0.3, 0.4) is 0 Å². The van der Waals surface area contributed by atoms with Gasteiger partial charge in [0.15, 0.2) is 13.6 Å². The first-order valence-electron chi connectivity index (χ1n) is 8.91. The van der Waals surface area contributed by atoms with Gasteiger partial charge < -0.3 is 19.0 Å². The van der Waals surface area contributed by atoms with Crippen LogP contribution >= 0.6 is 0 Å². The number of hydroxylamine groups is 3. The second-order valence-corrected chi connectivity index (χ2v) is 5.43. The van der Waals surface area contributed by atoms with Gasteiger partial charge in [0.1, 0.15) is 6.29 Å². The molecule has 10 heteroatoms. The molecule has 0 fully saturated rings. The lowest BCUT2D eigenvalue weighted by molar-refractivity contribution is -0.110. The predicted molar refractivity (Wildman–Crippen MR) is 94.8 cm³/mol. The number of methoxy groups -OCH3 is 2. The Kier molecular flexibility index (Phi) is 21.8. The zero-order valence-electron chi connectivity index (χ0n) is 16.0. The third kappa shape index (κ3) is 19.6. The molecule has 1 unspecified atom stereocenters. The fraction of sp³-hybridized carbons (Fsp3) is 0.938. The van der Waals surface area contributed by atoms with Crippen molar-refractivity contribution in [2.24, 2.45) is 0 Å². The Balaban J connectivity index is 3.64. The minimum atomic E-state index is 0.0334. The monoisotopic (exact) mass is 381 g/mol. The zero-order valence-corrected chi connectivity index (χ0v) is 16.0. The Hall–Kier alpha value is -0.690. The van der Waals surface area contributed by atoms with E-state index in [0.717, 1.165) is 38.5 Å². The fourth-order valence-electron chi connectivity index (χ4n) is 1.86. The van der Waals surface area contributed by atoms with Crippen LogP contribution in [0, 0.1) is 0 Å². The molecule has 3 N–H and O–H groups in total. The van der Waals surface area contributed by atoms with Gasteiger partial charge in [0.2, 0.25) is 0 Å². The van der Waals surface area contributed by atoms with E-state index in [9.17, 15) is 4.79 Å². The van der Waals surface area contributed by atoms with Gasteiger partial charge in [-0.3, -0.25) is 14.5 Å². The Morgan fingerprint density at radius 3 is 2.42 bits per heavy atom. The molecule has 0 amide bonds. The molecular formula is C16H35N3O7. The first-order valence-corrected chi connectivity index (χ1v) is 8.91. The molecule has 0 bridgehead atoms. The lowest BCUT2D eigenvalue weighted by Gasteiger charge is -2.18. The van der Waals surface area contributed by atoms with E-state index >= 15 is 0 Å². The number of aldehydes is 1. The van der Waals surface area contributed by atoms with Crippen molar-refractivity contribution in [1.82, 2.24) is 16.4 Å². The highest BCUT2D eigenvalue weighted by molar-refractivity contribution is 5.48. The van der Waals surface area contributed by atoms with Gasteiger partial charge in [0.05, 0.1) is 19.3 Å². The molecule has 0 aromatic rings. The molecule has 0 aliphatic carbocycles. The van der Waals surface area contributed by atoms with E-state index in [-0.39, 0.29) is 19.6 Å². The molecular weight excluding hydrogens is 346 g/mol. The van der Waals surface area contributed by atoms with Gasteiger partial charge in [-0.25, -0.2) is 5.48 Å². The molecule has 0 radical (unpaired) electrons. The second kappa shape index (κ2) is 22.4. The van der Waals surface area contributed by atoms with E-state index in [4.69, 9.17) is 28.7 Å². The highest BCUT2D eigenvalue weighted by Crippen LogP contribution is 2.01. The first kappa shape index (κ1) is 25.3. The minimum absolute atomic E-state index is 0.0334. The van der Waals surface area contributed by atoms with Crippen LogP contribution in [0.15, 0.2) is 0 Å². The smallest absolute Gasteiger partial charge is 0.166 e. The molecule has 0 aromatic heterocycles. The van der Waals surface area contributed by atoms with Crippen molar-refractivity contribution >= 4 is 6.29 Å². The van der Waals surface area contributed by atoms with E-state index in [0.29, 0.717) is 32.8 Å². The highest BCUT2D eigenvalue weighted by Gasteiger charge is 2.09. The standard InChI is InChI=1S/C16H35N3O7/c1-21-14-25-17-8-4-3-7-16(19-26-15-22-2)13-24-18-9-12-23-11-6-5-10-20/h10,16-19H,3-9,11-15H2,1-2H3. The largest absolute Gasteiger partial charge is 0.380 e. The summed E-state index contributed by atoms with van der Waals surface area (Å²) in [6.45, 7) is 3.29. The third-order valence-electron chi connectivity index (χ3n) is 3.13. The SMILES string of the molecule is COCONCCCCC(CONCCOCCCC=O)NOCOC. The molecule has 1 atom stereocenters. The van der Waals surface area contributed by atoms with Gasteiger partial charge in [-0.15, -0.1) is 0 Å². The summed E-state index contributed by atoms with van der Waals surface area (Å²) >= 11 is 0. The van der Waals surface area contributed by atoms with Gasteiger partial charge in [-0.2, -0.15) is 11.0 Å². The maximum Gasteiger partial charge on any atom is 0.166 e. The number of ether oxygens (including phenoxy) is 3. The summed E-state index contributed by atoms with van der Waals surface area (Å²) in [5.74, 6) is 0. The summed E-state index contributed by atoms with van der Waals surface area (Å²) in [4.78, 5) is 25.8. The van der Waals surface area contributed by atoms with Crippen LogP contribution in [0.2, 0.25) is 0 Å². The van der Waals surface area contributed by atoms with E-state index in [1.807, 2.05) is 0 Å². The predicted octanol–water partition coefficient (Wildman–Crippen LogP) is 0.292. The summed E-state index contributed by atoms with van der Waals surface area (Å²) in [6.07, 6.45) is 4.98. The van der Waals surface area contributed by atoms with Crippen molar-refractivity contribution in [2.75, 3.05) is 60.7 Å². The van der Waals surface area contributed by atoms with Crippen LogP contribution in [0.4, 0.5) is 0 Å². The van der Waals surface area contributed by atoms with Gasteiger partial charge in [0.25, 0.3) is 0 Å². The van der Waals surface area contributed by atoms with Crippen LogP contribution in [-0.2, 0) is 33.5 Å². The Labute approximate surface area is 156 Å². The number of hydrogen-bond acceptors (Lipinski definition) is 10. The summed E-state index contributed by atoms with van der Waals surface area (Å²) in [5, 5.41) is 0. The first-order chi connectivity index (χ1) is 12.8. The van der Waals surface area contributed by atoms with E-state index < -0.39 is 0 Å². The number of rotatable bonds is 22. The normalized spacial score (nSPS) is 12.4. The number of carbonyl (C=O) groups is 1. The topological polar surface area (TPSA) is 109 Å². The number of hydrogen-bond donors (Lipinski definition) is 3. The Bertz CT molecular complexity index is 289. The van der Waals surface area contributed by atoms with Crippen LogP contribution in [-0.4, -0.2) is 73.0 Å². The molecule has 0 aliphatic heterocycles. The van der Waals surface area contributed by atoms with Crippen LogP contribution < -0.4 is 16.4 Å². The molecule has 0 aliphatic rings. The molecule has 0 spiro atoms. The average Bonchev–Trinajstić information content (AvgIpc) is 2.65. The number of unbranched alkanes of at least 4 members (excludes halogenated alkanes) is 2. The Morgan fingerprint density at radius 1 is 0.885 bits per heavy atom. The summed E-state index contributed by atoms with van der Waals surface area (Å²) in [7, 11) is 3.14. The van der Waals surface area contributed by atoms with Gasteiger partial charge >= 0.3 is 0 Å². The fourth-order valence-corrected chi connectivity index (χ4v) is 1.86. The highest BCUT2D eigenvalue weighted by atomic mass is 16.8. The molecule has 0 heterocycles. The molecule has 10 nitrogen and oxygen atoms in total. The van der Waals surface area contributed by atoms with Crippen molar-refractivity contribution in [2.45, 2.75) is 38.1 Å². The van der Waals surface area contributed by atoms with Gasteiger partial charge in [-0.1, -0.05) is 6.42 Å². The van der Waals surface area contributed by atoms with Crippen LogP contribution in [0.25, 0.3) is 0 Å². The molecule has 0 rings (SSSR count). The minimum Gasteiger partial charge on any atom is -0.380 e. The van der Waals surface area contributed by atoms with E-state index in [2.05, 4.69) is 16.4 Å². The Morgan fingerprint density at radius 2 is 1.65 bits per heavy atom. The third-order valence-corrected chi connectivity index (χ3v) is 3.13. The van der Waals surface area contributed by atoms with Crippen molar-refractivity contribution < 1.29 is 33.5 Å². The van der Waals surface area contributed by atoms with Crippen molar-refractivity contribution in [3.63, 3.8) is 0 Å².